The number of amides is 1. The number of aromatic nitrogens is 5. The zero-order valence-electron chi connectivity index (χ0n) is 21.7. The van der Waals surface area contributed by atoms with Crippen LogP contribution in [0.25, 0.3) is 16.9 Å². The van der Waals surface area contributed by atoms with Crippen LogP contribution in [0.3, 0.4) is 0 Å². The van der Waals surface area contributed by atoms with E-state index in [0.717, 1.165) is 29.1 Å². The lowest BCUT2D eigenvalue weighted by Crippen LogP contribution is -2.47. The van der Waals surface area contributed by atoms with Gasteiger partial charge in [0.25, 0.3) is 5.91 Å². The number of carbonyl (C=O) groups is 1. The Labute approximate surface area is 225 Å². The Balaban J connectivity index is 1.66. The van der Waals surface area contributed by atoms with Crippen molar-refractivity contribution in [1.29, 1.82) is 0 Å². The van der Waals surface area contributed by atoms with Gasteiger partial charge in [0.1, 0.15) is 5.69 Å². The molecule has 13 heteroatoms. The fourth-order valence-electron chi connectivity index (χ4n) is 5.50. The molecule has 0 fully saturated rings. The van der Waals surface area contributed by atoms with E-state index >= 15 is 0 Å². The molecule has 2 aromatic carbocycles. The van der Waals surface area contributed by atoms with Crippen LogP contribution in [-0.4, -0.2) is 41.6 Å². The Morgan fingerprint density at radius 1 is 1.02 bits per heavy atom. The Kier molecular flexibility index (Phi) is 6.92. The Hall–Kier alpha value is -4.16. The highest BCUT2D eigenvalue weighted by molar-refractivity contribution is 5.99. The van der Waals surface area contributed by atoms with E-state index in [9.17, 15) is 31.1 Å². The van der Waals surface area contributed by atoms with E-state index in [1.165, 1.54) is 28.0 Å². The van der Waals surface area contributed by atoms with Crippen LogP contribution in [0, 0.1) is 17.5 Å². The summed E-state index contributed by atoms with van der Waals surface area (Å²) in [6.07, 6.45) is -1.35. The number of carbonyl (C=O) groups excluding carboxylic acids is 1. The summed E-state index contributed by atoms with van der Waals surface area (Å²) in [5.41, 5.74) is -0.236. The van der Waals surface area contributed by atoms with Gasteiger partial charge in [-0.3, -0.25) is 9.48 Å². The SMILES string of the molecule is CCC1Cc2c(nn(C)c2-c2cc(F)c(F)c(F)c2)C(CC)N1C(=O)c1cccc(C(F)(F)F)c1-n1nccn1. The largest absolute Gasteiger partial charge is 0.418 e. The number of hydrogen-bond donors (Lipinski definition) is 0. The summed E-state index contributed by atoms with van der Waals surface area (Å²) >= 11 is 0. The molecule has 0 spiro atoms. The Morgan fingerprint density at radius 3 is 2.25 bits per heavy atom. The quantitative estimate of drug-likeness (QED) is 0.220. The smallest absolute Gasteiger partial charge is 0.327 e. The molecular weight excluding hydrogens is 538 g/mol. The summed E-state index contributed by atoms with van der Waals surface area (Å²) in [6.45, 7) is 3.64. The van der Waals surface area contributed by atoms with Crippen LogP contribution in [-0.2, 0) is 19.6 Å². The third kappa shape index (κ3) is 4.42. The van der Waals surface area contributed by atoms with Crippen LogP contribution in [0.2, 0.25) is 0 Å². The standard InChI is InChI=1S/C27H24F6N6O/c1-4-15-13-17-23(36-37(3)24(17)14-11-19(28)22(30)20(29)12-14)21(5-2)38(15)26(40)16-7-6-8-18(27(31,32)33)25(16)39-34-9-10-35-39/h6-12,15,21H,4-5,13H2,1-3H3. The van der Waals surface area contributed by atoms with Crippen molar-refractivity contribution in [2.24, 2.45) is 7.05 Å². The summed E-state index contributed by atoms with van der Waals surface area (Å²) in [5, 5.41) is 12.3. The summed E-state index contributed by atoms with van der Waals surface area (Å²) in [6, 6.07) is 3.96. The number of aryl methyl sites for hydroxylation is 1. The first-order chi connectivity index (χ1) is 19.0. The zero-order chi connectivity index (χ0) is 28.9. The molecule has 0 saturated carbocycles. The van der Waals surface area contributed by atoms with Gasteiger partial charge in [0.15, 0.2) is 17.5 Å². The number of alkyl halides is 3. The molecule has 2 unspecified atom stereocenters. The molecule has 4 aromatic rings. The number of para-hydroxylation sites is 1. The Morgan fingerprint density at radius 2 is 1.68 bits per heavy atom. The predicted octanol–water partition coefficient (Wildman–Crippen LogP) is 6.03. The van der Waals surface area contributed by atoms with E-state index in [2.05, 4.69) is 15.3 Å². The Bertz CT molecular complexity index is 1560. The molecule has 0 saturated heterocycles. The summed E-state index contributed by atoms with van der Waals surface area (Å²) < 4.78 is 85.4. The van der Waals surface area contributed by atoms with Crippen LogP contribution in [0.5, 0.6) is 0 Å². The summed E-state index contributed by atoms with van der Waals surface area (Å²) in [7, 11) is 1.57. The number of rotatable bonds is 5. The zero-order valence-corrected chi connectivity index (χ0v) is 21.7. The minimum absolute atomic E-state index is 0.0852. The van der Waals surface area contributed by atoms with Gasteiger partial charge in [0, 0.05) is 24.2 Å². The van der Waals surface area contributed by atoms with E-state index in [1.807, 2.05) is 6.92 Å². The van der Waals surface area contributed by atoms with Gasteiger partial charge in [-0.1, -0.05) is 19.9 Å². The molecule has 3 heterocycles. The van der Waals surface area contributed by atoms with E-state index in [1.54, 1.807) is 14.0 Å². The molecule has 1 amide bonds. The molecule has 1 aliphatic heterocycles. The van der Waals surface area contributed by atoms with E-state index < -0.39 is 52.9 Å². The number of hydrogen-bond acceptors (Lipinski definition) is 4. The highest BCUT2D eigenvalue weighted by Gasteiger charge is 2.43. The minimum Gasteiger partial charge on any atom is -0.327 e. The van der Waals surface area contributed by atoms with Crippen molar-refractivity contribution in [1.82, 2.24) is 29.7 Å². The second kappa shape index (κ2) is 10.1. The number of fused-ring (bicyclic) bond motifs is 1. The lowest BCUT2D eigenvalue weighted by Gasteiger charge is -2.41. The first-order valence-electron chi connectivity index (χ1n) is 12.6. The maximum Gasteiger partial charge on any atom is 0.418 e. The van der Waals surface area contributed by atoms with Gasteiger partial charge in [-0.15, -0.1) is 0 Å². The van der Waals surface area contributed by atoms with E-state index in [4.69, 9.17) is 0 Å². The maximum absolute atomic E-state index is 14.1. The highest BCUT2D eigenvalue weighted by Crippen LogP contribution is 2.43. The van der Waals surface area contributed by atoms with Crippen LogP contribution >= 0.6 is 0 Å². The minimum atomic E-state index is -4.78. The second-order valence-electron chi connectivity index (χ2n) is 9.51. The van der Waals surface area contributed by atoms with Gasteiger partial charge in [-0.2, -0.15) is 33.3 Å². The monoisotopic (exact) mass is 562 g/mol. The van der Waals surface area contributed by atoms with E-state index in [0.29, 0.717) is 29.8 Å². The predicted molar refractivity (Wildman–Crippen MR) is 132 cm³/mol. The fraction of sp³-hybridized carbons (Fsp3) is 0.333. The molecule has 40 heavy (non-hydrogen) atoms. The van der Waals surface area contributed by atoms with Crippen LogP contribution in [0.4, 0.5) is 26.3 Å². The molecule has 0 aliphatic carbocycles. The average molecular weight is 563 g/mol. The normalized spacial score (nSPS) is 17.3. The average Bonchev–Trinajstić information content (AvgIpc) is 3.56. The number of benzene rings is 2. The van der Waals surface area contributed by atoms with Crippen molar-refractivity contribution in [3.8, 4) is 16.9 Å². The molecule has 2 aromatic heterocycles. The lowest BCUT2D eigenvalue weighted by atomic mass is 9.87. The molecule has 0 radical (unpaired) electrons. The topological polar surface area (TPSA) is 68.8 Å². The van der Waals surface area contributed by atoms with E-state index in [-0.39, 0.29) is 17.5 Å². The number of halogens is 6. The second-order valence-corrected chi connectivity index (χ2v) is 9.51. The van der Waals surface area contributed by atoms with Crippen molar-refractivity contribution in [3.63, 3.8) is 0 Å². The van der Waals surface area contributed by atoms with Gasteiger partial charge in [0.2, 0.25) is 0 Å². The molecule has 210 valence electrons. The van der Waals surface area contributed by atoms with Gasteiger partial charge in [0.05, 0.1) is 41.0 Å². The van der Waals surface area contributed by atoms with Gasteiger partial charge >= 0.3 is 6.18 Å². The highest BCUT2D eigenvalue weighted by atomic mass is 19.4. The first kappa shape index (κ1) is 27.4. The molecule has 7 nitrogen and oxygen atoms in total. The number of nitrogens with zero attached hydrogens (tertiary/aromatic N) is 6. The van der Waals surface area contributed by atoms with Crippen molar-refractivity contribution < 1.29 is 31.1 Å². The molecular formula is C27H24F6N6O. The third-order valence-corrected chi connectivity index (χ3v) is 7.20. The lowest BCUT2D eigenvalue weighted by molar-refractivity contribution is -0.137. The molecule has 0 N–H and O–H groups in total. The van der Waals surface area contributed by atoms with Gasteiger partial charge < -0.3 is 4.90 Å². The summed E-state index contributed by atoms with van der Waals surface area (Å²) in [4.78, 5) is 16.4. The van der Waals surface area contributed by atoms with Crippen molar-refractivity contribution in [3.05, 3.63) is 82.6 Å². The third-order valence-electron chi connectivity index (χ3n) is 7.20. The molecule has 0 bridgehead atoms. The van der Waals surface area contributed by atoms with Crippen molar-refractivity contribution in [2.45, 2.75) is 51.4 Å². The van der Waals surface area contributed by atoms with Crippen molar-refractivity contribution in [2.75, 3.05) is 0 Å². The van der Waals surface area contributed by atoms with Gasteiger partial charge in [-0.05, 0) is 43.5 Å². The first-order valence-corrected chi connectivity index (χ1v) is 12.6. The van der Waals surface area contributed by atoms with Crippen LogP contribution in [0.1, 0.15) is 59.9 Å². The van der Waals surface area contributed by atoms with Gasteiger partial charge in [-0.25, -0.2) is 13.2 Å². The fourth-order valence-corrected chi connectivity index (χ4v) is 5.50. The molecule has 1 aliphatic rings. The summed E-state index contributed by atoms with van der Waals surface area (Å²) in [5.74, 6) is -4.94. The molecule has 2 atom stereocenters. The maximum atomic E-state index is 14.1. The van der Waals surface area contributed by atoms with Crippen LogP contribution in [0.15, 0.2) is 42.7 Å². The van der Waals surface area contributed by atoms with Crippen LogP contribution < -0.4 is 0 Å². The van der Waals surface area contributed by atoms with Crippen molar-refractivity contribution >= 4 is 5.91 Å². The molecule has 5 rings (SSSR count).